The Morgan fingerprint density at radius 1 is 0.957 bits per heavy atom. The van der Waals surface area contributed by atoms with Crippen LogP contribution in [-0.4, -0.2) is 18.2 Å². The lowest BCUT2D eigenvalue weighted by molar-refractivity contribution is -0.221. The van der Waals surface area contributed by atoms with E-state index in [-0.39, 0.29) is 5.78 Å². The molecule has 0 unspecified atom stereocenters. The van der Waals surface area contributed by atoms with E-state index < -0.39 is 11.4 Å². The zero-order valence-corrected chi connectivity index (χ0v) is 12.5. The molecule has 23 heavy (non-hydrogen) atoms. The predicted octanol–water partition coefficient (Wildman–Crippen LogP) is 3.22. The Kier molecular flexibility index (Phi) is 2.26. The van der Waals surface area contributed by atoms with Crippen LogP contribution in [0, 0.1) is 0 Å². The molecule has 2 aromatic rings. The van der Waals surface area contributed by atoms with Gasteiger partial charge in [0.2, 0.25) is 11.4 Å². The normalized spacial score (nSPS) is 30.1. The second-order valence-corrected chi connectivity index (χ2v) is 6.02. The van der Waals surface area contributed by atoms with E-state index >= 15 is 0 Å². The molecule has 3 aliphatic heterocycles. The molecule has 0 saturated heterocycles. The lowest BCUT2D eigenvalue weighted by atomic mass is 9.74. The van der Waals surface area contributed by atoms with Crippen LogP contribution in [0.15, 0.2) is 60.2 Å². The van der Waals surface area contributed by atoms with Crippen LogP contribution in [0.3, 0.4) is 0 Å². The van der Waals surface area contributed by atoms with E-state index in [0.717, 1.165) is 11.1 Å². The molecule has 0 aromatic heterocycles. The van der Waals surface area contributed by atoms with E-state index in [4.69, 9.17) is 14.2 Å². The van der Waals surface area contributed by atoms with Crippen molar-refractivity contribution < 1.29 is 19.0 Å². The number of fused-ring (bicyclic) bond motifs is 2. The van der Waals surface area contributed by atoms with Crippen molar-refractivity contribution in [2.24, 2.45) is 0 Å². The molecule has 0 radical (unpaired) electrons. The Morgan fingerprint density at radius 3 is 2.57 bits per heavy atom. The first kappa shape index (κ1) is 12.9. The first-order valence-corrected chi connectivity index (χ1v) is 7.62. The fraction of sp³-hybridized carbons (Fsp3) is 0.211. The highest BCUT2D eigenvalue weighted by atomic mass is 16.7. The van der Waals surface area contributed by atoms with Gasteiger partial charge in [-0.2, -0.15) is 0 Å². The van der Waals surface area contributed by atoms with E-state index in [9.17, 15) is 4.79 Å². The van der Waals surface area contributed by atoms with Gasteiger partial charge >= 0.3 is 5.79 Å². The van der Waals surface area contributed by atoms with Crippen molar-refractivity contribution in [2.75, 3.05) is 6.61 Å². The van der Waals surface area contributed by atoms with Crippen LogP contribution >= 0.6 is 0 Å². The van der Waals surface area contributed by atoms with Crippen molar-refractivity contribution in [1.29, 1.82) is 0 Å². The van der Waals surface area contributed by atoms with Gasteiger partial charge in [0.05, 0.1) is 12.2 Å². The second-order valence-electron chi connectivity index (χ2n) is 6.02. The van der Waals surface area contributed by atoms with E-state index in [1.54, 1.807) is 6.07 Å². The summed E-state index contributed by atoms with van der Waals surface area (Å²) in [4.78, 5) is 13.3. The maximum absolute atomic E-state index is 13.3. The third-order valence-electron chi connectivity index (χ3n) is 4.91. The van der Waals surface area contributed by atoms with E-state index in [1.807, 2.05) is 55.5 Å². The van der Waals surface area contributed by atoms with Crippen molar-refractivity contribution in [3.8, 4) is 11.5 Å². The molecule has 5 rings (SSSR count). The highest BCUT2D eigenvalue weighted by molar-refractivity contribution is 6.07. The van der Waals surface area contributed by atoms with Gasteiger partial charge in [0.15, 0.2) is 0 Å². The summed E-state index contributed by atoms with van der Waals surface area (Å²) < 4.78 is 18.4. The molecule has 114 valence electrons. The Bertz CT molecular complexity index is 884. The van der Waals surface area contributed by atoms with Crippen molar-refractivity contribution in [1.82, 2.24) is 0 Å². The van der Waals surface area contributed by atoms with Gasteiger partial charge < -0.3 is 14.2 Å². The molecule has 2 aromatic carbocycles. The van der Waals surface area contributed by atoms with Crippen LogP contribution in [-0.2, 0) is 10.3 Å². The summed E-state index contributed by atoms with van der Waals surface area (Å²) in [5, 5.41) is 0. The van der Waals surface area contributed by atoms with Gasteiger partial charge in [-0.3, -0.25) is 4.79 Å². The Morgan fingerprint density at radius 2 is 1.70 bits per heavy atom. The van der Waals surface area contributed by atoms with E-state index in [1.165, 1.54) is 0 Å². The Balaban J connectivity index is 1.89. The van der Waals surface area contributed by atoms with Gasteiger partial charge in [0.25, 0.3) is 0 Å². The van der Waals surface area contributed by atoms with Crippen LogP contribution in [0.4, 0.5) is 0 Å². The third-order valence-corrected chi connectivity index (χ3v) is 4.91. The van der Waals surface area contributed by atoms with Gasteiger partial charge in [0, 0.05) is 5.56 Å². The molecular weight excluding hydrogens is 292 g/mol. The molecule has 4 heteroatoms. The number of benzene rings is 2. The molecule has 4 nitrogen and oxygen atoms in total. The number of hydrogen-bond donors (Lipinski definition) is 0. The van der Waals surface area contributed by atoms with Crippen LogP contribution in [0.2, 0.25) is 0 Å². The number of ketones is 1. The average Bonchev–Trinajstić information content (AvgIpc) is 2.88. The number of hydrogen-bond acceptors (Lipinski definition) is 4. The maximum atomic E-state index is 13.3. The smallest absolute Gasteiger partial charge is 0.325 e. The minimum atomic E-state index is -1.48. The van der Waals surface area contributed by atoms with Gasteiger partial charge in [-0.25, -0.2) is 0 Å². The van der Waals surface area contributed by atoms with Gasteiger partial charge in [-0.1, -0.05) is 36.4 Å². The number of rotatable bonds is 0. The molecule has 0 spiro atoms. The molecule has 0 saturated carbocycles. The Labute approximate surface area is 133 Å². The van der Waals surface area contributed by atoms with Crippen molar-refractivity contribution >= 4 is 5.78 Å². The van der Waals surface area contributed by atoms with Gasteiger partial charge in [0.1, 0.15) is 11.5 Å². The molecule has 2 atom stereocenters. The number of para-hydroxylation sites is 2. The summed E-state index contributed by atoms with van der Waals surface area (Å²) >= 11 is 0. The molecule has 0 N–H and O–H groups in total. The lowest BCUT2D eigenvalue weighted by Gasteiger charge is -2.48. The fourth-order valence-electron chi connectivity index (χ4n) is 3.84. The average molecular weight is 306 g/mol. The monoisotopic (exact) mass is 306 g/mol. The van der Waals surface area contributed by atoms with Crippen molar-refractivity contribution in [3.05, 3.63) is 71.3 Å². The second kappa shape index (κ2) is 4.03. The van der Waals surface area contributed by atoms with Gasteiger partial charge in [-0.05, 0) is 30.7 Å². The fourth-order valence-corrected chi connectivity index (χ4v) is 3.84. The first-order chi connectivity index (χ1) is 11.2. The van der Waals surface area contributed by atoms with Crippen molar-refractivity contribution in [2.45, 2.75) is 18.3 Å². The van der Waals surface area contributed by atoms with Crippen LogP contribution in [0.1, 0.15) is 22.8 Å². The van der Waals surface area contributed by atoms with Crippen LogP contribution in [0.25, 0.3) is 0 Å². The zero-order chi connectivity index (χ0) is 15.7. The number of carbonyl (C=O) groups is 1. The van der Waals surface area contributed by atoms with E-state index in [2.05, 4.69) is 0 Å². The summed E-state index contributed by atoms with van der Waals surface area (Å²) in [5.41, 5.74) is 1.19. The molecule has 3 aliphatic rings. The third kappa shape index (κ3) is 1.29. The largest absolute Gasteiger partial charge is 0.470 e. The number of carbonyl (C=O) groups excluding carboxylic acids is 1. The minimum absolute atomic E-state index is 0.192. The maximum Gasteiger partial charge on any atom is 0.325 e. The number of ether oxygens (including phenoxy) is 3. The van der Waals surface area contributed by atoms with Crippen LogP contribution in [0.5, 0.6) is 11.5 Å². The number of Topliss-reactive ketones (excluding diaryl/α,β-unsaturated/α-hetero) is 1. The summed E-state index contributed by atoms with van der Waals surface area (Å²) in [5.74, 6) is -0.484. The van der Waals surface area contributed by atoms with Crippen molar-refractivity contribution in [3.63, 3.8) is 0 Å². The summed E-state index contributed by atoms with van der Waals surface area (Å²) in [7, 11) is 0. The highest BCUT2D eigenvalue weighted by Gasteiger charge is 2.72. The Hall–Kier alpha value is -2.59. The standard InChI is InChI=1S/C19H14O4/c1-12-10-11-21-19-17(20)13-6-2-4-8-15(13)22-18(12,19)14-7-3-5-9-16(14)23-19/h2-10H,11H2,1H3/t18-,19-/m1/s1. The molecule has 0 fully saturated rings. The molecule has 0 bridgehead atoms. The SMILES string of the molecule is CC1=CCO[C@]23Oc4ccccc4[C@]12Oc1ccccc1C3=O. The molecule has 0 amide bonds. The first-order valence-electron chi connectivity index (χ1n) is 7.62. The summed E-state index contributed by atoms with van der Waals surface area (Å²) in [6.07, 6.45) is 1.95. The van der Waals surface area contributed by atoms with Crippen LogP contribution < -0.4 is 9.47 Å². The quantitative estimate of drug-likeness (QED) is 0.701. The van der Waals surface area contributed by atoms with Gasteiger partial charge in [-0.15, -0.1) is 0 Å². The molecule has 3 heterocycles. The molecular formula is C19H14O4. The summed E-state index contributed by atoms with van der Waals surface area (Å²) in [6.45, 7) is 2.28. The lowest BCUT2D eigenvalue weighted by Crippen LogP contribution is -2.66. The predicted molar refractivity (Wildman–Crippen MR) is 82.6 cm³/mol. The zero-order valence-electron chi connectivity index (χ0n) is 12.5. The van der Waals surface area contributed by atoms with E-state index in [0.29, 0.717) is 23.7 Å². The summed E-state index contributed by atoms with van der Waals surface area (Å²) in [6, 6.07) is 14.8. The molecule has 0 aliphatic carbocycles. The highest BCUT2D eigenvalue weighted by Crippen LogP contribution is 2.59. The minimum Gasteiger partial charge on any atom is -0.470 e. The topological polar surface area (TPSA) is 44.8 Å².